The molecule has 0 fully saturated rings. The number of halogens is 2. The molecule has 0 saturated carbocycles. The number of aromatic amines is 1. The van der Waals surface area contributed by atoms with Gasteiger partial charge in [-0.25, -0.2) is 4.39 Å². The van der Waals surface area contributed by atoms with Crippen LogP contribution in [0.5, 0.6) is 5.75 Å². The summed E-state index contributed by atoms with van der Waals surface area (Å²) in [6.07, 6.45) is 0. The Bertz CT molecular complexity index is 1270. The largest absolute Gasteiger partial charge is 0.497 e. The molecule has 4 aromatic rings. The zero-order valence-corrected chi connectivity index (χ0v) is 18.1. The van der Waals surface area contributed by atoms with E-state index in [0.717, 1.165) is 10.0 Å². The molecule has 0 saturated heterocycles. The number of H-pyrrole nitrogens is 1. The first-order valence-corrected chi connectivity index (χ1v) is 10.4. The number of amides is 1. The van der Waals surface area contributed by atoms with Crippen LogP contribution < -0.4 is 9.64 Å². The second-order valence-electron chi connectivity index (χ2n) is 7.17. The van der Waals surface area contributed by atoms with Crippen molar-refractivity contribution in [1.29, 1.82) is 0 Å². The number of aromatic nitrogens is 2. The molecule has 1 aliphatic heterocycles. The van der Waals surface area contributed by atoms with E-state index in [1.54, 1.807) is 30.2 Å². The van der Waals surface area contributed by atoms with E-state index in [1.165, 1.54) is 6.07 Å². The maximum atomic E-state index is 15.0. The zero-order valence-electron chi connectivity index (χ0n) is 16.5. The molecule has 31 heavy (non-hydrogen) atoms. The Morgan fingerprint density at radius 2 is 1.74 bits per heavy atom. The number of hydrogen-bond donors (Lipinski definition) is 1. The van der Waals surface area contributed by atoms with E-state index in [0.29, 0.717) is 34.0 Å². The predicted octanol–water partition coefficient (Wildman–Crippen LogP) is 5.74. The average molecular weight is 478 g/mol. The van der Waals surface area contributed by atoms with Crippen molar-refractivity contribution >= 4 is 27.5 Å². The third kappa shape index (κ3) is 3.21. The van der Waals surface area contributed by atoms with Crippen LogP contribution in [0.2, 0.25) is 0 Å². The van der Waals surface area contributed by atoms with E-state index in [2.05, 4.69) is 26.1 Å². The molecule has 1 amide bonds. The number of fused-ring (bicyclic) bond motifs is 1. The van der Waals surface area contributed by atoms with Gasteiger partial charge in [0.25, 0.3) is 5.91 Å². The first-order chi connectivity index (χ1) is 15.1. The second kappa shape index (κ2) is 7.67. The summed E-state index contributed by atoms with van der Waals surface area (Å²) >= 11 is 3.43. The Hall–Kier alpha value is -3.45. The first kappa shape index (κ1) is 19.5. The Labute approximate surface area is 186 Å². The Kier molecular flexibility index (Phi) is 4.82. The standard InChI is InChI=1S/C24H17BrFN3O2/c1-31-17-12-6-14(7-13-17)21-20-22(28-27-21)24(30)29(16-10-8-15(25)9-11-16)23(20)18-4-2-3-5-19(18)26/h2-13,23H,1H3,(H,27,28). The third-order valence-corrected chi connectivity index (χ3v) is 5.96. The highest BCUT2D eigenvalue weighted by atomic mass is 79.9. The molecule has 7 heteroatoms. The Morgan fingerprint density at radius 1 is 1.03 bits per heavy atom. The number of methoxy groups -OCH3 is 1. The van der Waals surface area contributed by atoms with E-state index in [1.807, 2.05) is 48.5 Å². The van der Waals surface area contributed by atoms with Crippen LogP contribution >= 0.6 is 15.9 Å². The highest BCUT2D eigenvalue weighted by molar-refractivity contribution is 9.10. The van der Waals surface area contributed by atoms with Gasteiger partial charge >= 0.3 is 0 Å². The number of carbonyl (C=O) groups excluding carboxylic acids is 1. The van der Waals surface area contributed by atoms with Gasteiger partial charge in [0.15, 0.2) is 0 Å². The van der Waals surface area contributed by atoms with E-state index < -0.39 is 6.04 Å². The monoisotopic (exact) mass is 477 g/mol. The molecule has 5 nitrogen and oxygen atoms in total. The topological polar surface area (TPSA) is 58.2 Å². The SMILES string of the molecule is COc1ccc(-c2n[nH]c3c2C(c2ccccc2F)N(c2ccc(Br)cc2)C3=O)cc1. The number of nitrogens with one attached hydrogen (secondary N) is 1. The van der Waals surface area contributed by atoms with Crippen LogP contribution in [0.1, 0.15) is 27.7 Å². The minimum Gasteiger partial charge on any atom is -0.497 e. The summed E-state index contributed by atoms with van der Waals surface area (Å²) in [6.45, 7) is 0. The molecular formula is C24H17BrFN3O2. The van der Waals surface area contributed by atoms with Crippen molar-refractivity contribution < 1.29 is 13.9 Å². The van der Waals surface area contributed by atoms with Gasteiger partial charge in [0.05, 0.1) is 18.8 Å². The molecule has 0 bridgehead atoms. The number of benzene rings is 3. The maximum absolute atomic E-state index is 15.0. The van der Waals surface area contributed by atoms with Crippen LogP contribution in [0.3, 0.4) is 0 Å². The van der Waals surface area contributed by atoms with Crippen LogP contribution in [0, 0.1) is 5.82 Å². The lowest BCUT2D eigenvalue weighted by Gasteiger charge is -2.26. The van der Waals surface area contributed by atoms with Crippen LogP contribution in [0.25, 0.3) is 11.3 Å². The molecule has 5 rings (SSSR count). The van der Waals surface area contributed by atoms with Crippen molar-refractivity contribution in [2.24, 2.45) is 0 Å². The highest BCUT2D eigenvalue weighted by Gasteiger charge is 2.44. The van der Waals surface area contributed by atoms with E-state index in [9.17, 15) is 9.18 Å². The quantitative estimate of drug-likeness (QED) is 0.407. The molecule has 1 aliphatic rings. The van der Waals surface area contributed by atoms with Gasteiger partial charge in [0.1, 0.15) is 17.3 Å². The van der Waals surface area contributed by atoms with Crippen LogP contribution in [-0.2, 0) is 0 Å². The van der Waals surface area contributed by atoms with Gasteiger partial charge in [0, 0.05) is 26.9 Å². The summed E-state index contributed by atoms with van der Waals surface area (Å²) in [7, 11) is 1.60. The summed E-state index contributed by atoms with van der Waals surface area (Å²) in [5, 5.41) is 7.31. The van der Waals surface area contributed by atoms with Gasteiger partial charge < -0.3 is 4.74 Å². The Morgan fingerprint density at radius 3 is 2.42 bits per heavy atom. The normalized spacial score (nSPS) is 15.3. The number of rotatable bonds is 4. The van der Waals surface area contributed by atoms with Crippen molar-refractivity contribution in [3.63, 3.8) is 0 Å². The molecule has 3 aromatic carbocycles. The number of hydrogen-bond acceptors (Lipinski definition) is 3. The van der Waals surface area contributed by atoms with Gasteiger partial charge in [-0.1, -0.05) is 34.1 Å². The smallest absolute Gasteiger partial charge is 0.277 e. The molecule has 2 heterocycles. The fraction of sp³-hybridized carbons (Fsp3) is 0.0833. The van der Waals surface area contributed by atoms with Crippen molar-refractivity contribution in [3.8, 4) is 17.0 Å². The molecule has 1 atom stereocenters. The predicted molar refractivity (Wildman–Crippen MR) is 120 cm³/mol. The molecule has 1 aromatic heterocycles. The Balaban J connectivity index is 1.71. The minimum absolute atomic E-state index is 0.252. The number of anilines is 1. The van der Waals surface area contributed by atoms with Crippen LogP contribution in [-0.4, -0.2) is 23.2 Å². The average Bonchev–Trinajstić information content (AvgIpc) is 3.34. The summed E-state index contributed by atoms with van der Waals surface area (Å²) in [5.41, 5.74) is 3.52. The lowest BCUT2D eigenvalue weighted by atomic mass is 9.95. The van der Waals surface area contributed by atoms with Gasteiger partial charge in [-0.3, -0.25) is 14.8 Å². The molecular weight excluding hydrogens is 461 g/mol. The number of nitrogens with zero attached hydrogens (tertiary/aromatic N) is 2. The highest BCUT2D eigenvalue weighted by Crippen LogP contribution is 2.45. The van der Waals surface area contributed by atoms with Crippen molar-refractivity contribution in [2.75, 3.05) is 12.0 Å². The summed E-state index contributed by atoms with van der Waals surface area (Å²) in [6, 6.07) is 20.7. The van der Waals surface area contributed by atoms with Gasteiger partial charge in [-0.05, 0) is 54.6 Å². The fourth-order valence-electron chi connectivity index (χ4n) is 3.98. The zero-order chi connectivity index (χ0) is 21.5. The maximum Gasteiger partial charge on any atom is 0.277 e. The molecule has 0 radical (unpaired) electrons. The lowest BCUT2D eigenvalue weighted by Crippen LogP contribution is -2.29. The molecule has 0 spiro atoms. The second-order valence-corrected chi connectivity index (χ2v) is 8.08. The molecule has 1 unspecified atom stereocenters. The number of carbonyl (C=O) groups is 1. The molecule has 1 N–H and O–H groups in total. The van der Waals surface area contributed by atoms with Gasteiger partial charge in [-0.2, -0.15) is 5.10 Å². The minimum atomic E-state index is -0.652. The fourth-order valence-corrected chi connectivity index (χ4v) is 4.24. The third-order valence-electron chi connectivity index (χ3n) is 5.44. The van der Waals surface area contributed by atoms with E-state index >= 15 is 0 Å². The van der Waals surface area contributed by atoms with Gasteiger partial charge in [-0.15, -0.1) is 0 Å². The molecule has 154 valence electrons. The van der Waals surface area contributed by atoms with E-state index in [4.69, 9.17) is 4.74 Å². The van der Waals surface area contributed by atoms with Crippen LogP contribution in [0.15, 0.2) is 77.3 Å². The molecule has 0 aliphatic carbocycles. The summed E-state index contributed by atoms with van der Waals surface area (Å²) in [4.78, 5) is 15.0. The van der Waals surface area contributed by atoms with Gasteiger partial charge in [0.2, 0.25) is 0 Å². The van der Waals surface area contributed by atoms with Crippen molar-refractivity contribution in [1.82, 2.24) is 10.2 Å². The van der Waals surface area contributed by atoms with Crippen LogP contribution in [0.4, 0.5) is 10.1 Å². The van der Waals surface area contributed by atoms with Crippen molar-refractivity contribution in [3.05, 3.63) is 99.9 Å². The first-order valence-electron chi connectivity index (χ1n) is 9.64. The van der Waals surface area contributed by atoms with Crippen molar-refractivity contribution in [2.45, 2.75) is 6.04 Å². The lowest BCUT2D eigenvalue weighted by molar-refractivity contribution is 0.0988. The summed E-state index contributed by atoms with van der Waals surface area (Å²) < 4.78 is 21.1. The summed E-state index contributed by atoms with van der Waals surface area (Å²) in [5.74, 6) is 0.0872. The number of ether oxygens (including phenoxy) is 1. The van der Waals surface area contributed by atoms with E-state index in [-0.39, 0.29) is 11.7 Å².